The van der Waals surface area contributed by atoms with Gasteiger partial charge >= 0.3 is 5.97 Å². The van der Waals surface area contributed by atoms with E-state index in [1.165, 1.54) is 0 Å². The largest absolute Gasteiger partial charge is 0.481 e. The lowest BCUT2D eigenvalue weighted by molar-refractivity contribution is -0.152. The SMILES string of the molecule is O=C(CC1(C(=O)O)CCCCCC1)NCC1CCC(O)C1. The van der Waals surface area contributed by atoms with Gasteiger partial charge in [0.1, 0.15) is 0 Å². The lowest BCUT2D eigenvalue weighted by Crippen LogP contribution is -2.38. The average Bonchev–Trinajstić information content (AvgIpc) is 2.71. The number of carbonyl (C=O) groups is 2. The van der Waals surface area contributed by atoms with Crippen molar-refractivity contribution in [1.29, 1.82) is 0 Å². The van der Waals surface area contributed by atoms with Crippen molar-refractivity contribution in [2.45, 2.75) is 70.3 Å². The van der Waals surface area contributed by atoms with Crippen LogP contribution in [0.1, 0.15) is 64.2 Å². The number of aliphatic hydroxyl groups is 1. The van der Waals surface area contributed by atoms with Crippen LogP contribution in [0.2, 0.25) is 0 Å². The molecule has 5 nitrogen and oxygen atoms in total. The topological polar surface area (TPSA) is 86.6 Å². The Morgan fingerprint density at radius 1 is 1.10 bits per heavy atom. The van der Waals surface area contributed by atoms with Gasteiger partial charge in [0, 0.05) is 13.0 Å². The summed E-state index contributed by atoms with van der Waals surface area (Å²) in [6.45, 7) is 0.561. The van der Waals surface area contributed by atoms with Crippen LogP contribution in [0.15, 0.2) is 0 Å². The number of carboxylic acids is 1. The monoisotopic (exact) mass is 297 g/mol. The first kappa shape index (κ1) is 16.3. The minimum Gasteiger partial charge on any atom is -0.481 e. The van der Waals surface area contributed by atoms with E-state index in [2.05, 4.69) is 5.32 Å². The van der Waals surface area contributed by atoms with Crippen molar-refractivity contribution >= 4 is 11.9 Å². The predicted molar refractivity (Wildman–Crippen MR) is 78.7 cm³/mol. The van der Waals surface area contributed by atoms with Gasteiger partial charge in [-0.05, 0) is 38.0 Å². The maximum absolute atomic E-state index is 12.1. The Kier molecular flexibility index (Phi) is 5.62. The van der Waals surface area contributed by atoms with Crippen molar-refractivity contribution in [2.75, 3.05) is 6.54 Å². The Balaban J connectivity index is 1.84. The van der Waals surface area contributed by atoms with Crippen molar-refractivity contribution in [1.82, 2.24) is 5.32 Å². The van der Waals surface area contributed by atoms with Gasteiger partial charge in [0.2, 0.25) is 5.91 Å². The van der Waals surface area contributed by atoms with Crippen molar-refractivity contribution < 1.29 is 19.8 Å². The fourth-order valence-corrected chi connectivity index (χ4v) is 3.73. The Bertz CT molecular complexity index is 374. The molecule has 2 aliphatic rings. The van der Waals surface area contributed by atoms with Crippen LogP contribution in [0.3, 0.4) is 0 Å². The van der Waals surface area contributed by atoms with Crippen LogP contribution < -0.4 is 5.32 Å². The van der Waals surface area contributed by atoms with Gasteiger partial charge < -0.3 is 15.5 Å². The molecule has 2 rings (SSSR count). The van der Waals surface area contributed by atoms with Crippen LogP contribution in [0.25, 0.3) is 0 Å². The number of aliphatic carboxylic acids is 1. The zero-order chi connectivity index (χ0) is 15.3. The number of hydrogen-bond donors (Lipinski definition) is 3. The van der Waals surface area contributed by atoms with E-state index in [4.69, 9.17) is 0 Å². The second-order valence-electron chi connectivity index (χ2n) is 6.81. The van der Waals surface area contributed by atoms with Gasteiger partial charge in [0.15, 0.2) is 0 Å². The Labute approximate surface area is 126 Å². The Morgan fingerprint density at radius 3 is 2.29 bits per heavy atom. The quantitative estimate of drug-likeness (QED) is 0.678. The van der Waals surface area contributed by atoms with Crippen LogP contribution in [0.4, 0.5) is 0 Å². The van der Waals surface area contributed by atoms with Gasteiger partial charge in [-0.3, -0.25) is 9.59 Å². The van der Waals surface area contributed by atoms with Crippen LogP contribution in [-0.4, -0.2) is 34.7 Å². The normalized spacial score (nSPS) is 28.8. The van der Waals surface area contributed by atoms with Gasteiger partial charge in [-0.1, -0.05) is 25.7 Å². The van der Waals surface area contributed by atoms with E-state index in [9.17, 15) is 19.8 Å². The van der Waals surface area contributed by atoms with E-state index < -0.39 is 11.4 Å². The number of hydrogen-bond acceptors (Lipinski definition) is 3. The molecule has 0 aromatic carbocycles. The highest BCUT2D eigenvalue weighted by Crippen LogP contribution is 2.38. The molecule has 2 saturated carbocycles. The van der Waals surface area contributed by atoms with Crippen molar-refractivity contribution in [3.05, 3.63) is 0 Å². The molecule has 0 spiro atoms. The van der Waals surface area contributed by atoms with Crippen LogP contribution in [0.5, 0.6) is 0 Å². The number of aliphatic hydroxyl groups excluding tert-OH is 1. The van der Waals surface area contributed by atoms with E-state index >= 15 is 0 Å². The first-order valence-electron chi connectivity index (χ1n) is 8.20. The van der Waals surface area contributed by atoms with Crippen molar-refractivity contribution in [3.8, 4) is 0 Å². The highest BCUT2D eigenvalue weighted by atomic mass is 16.4. The number of carboxylic acid groups (broad SMARTS) is 1. The third-order valence-electron chi connectivity index (χ3n) is 5.11. The lowest BCUT2D eigenvalue weighted by atomic mass is 9.77. The molecule has 120 valence electrons. The molecule has 21 heavy (non-hydrogen) atoms. The van der Waals surface area contributed by atoms with Crippen LogP contribution in [0, 0.1) is 11.3 Å². The molecule has 2 aliphatic carbocycles. The van der Waals surface area contributed by atoms with E-state index in [0.29, 0.717) is 25.3 Å². The highest BCUT2D eigenvalue weighted by Gasteiger charge is 2.40. The van der Waals surface area contributed by atoms with Crippen LogP contribution >= 0.6 is 0 Å². The molecule has 0 saturated heterocycles. The number of carbonyl (C=O) groups excluding carboxylic acids is 1. The second kappa shape index (κ2) is 7.25. The molecule has 3 N–H and O–H groups in total. The standard InChI is InChI=1S/C16H27NO4/c18-13-6-5-12(9-13)11-17-14(19)10-16(15(20)21)7-3-1-2-4-8-16/h12-13,18H,1-11H2,(H,17,19)(H,20,21). The molecular formula is C16H27NO4. The summed E-state index contributed by atoms with van der Waals surface area (Å²) in [7, 11) is 0. The predicted octanol–water partition coefficient (Wildman–Crippen LogP) is 2.08. The fourth-order valence-electron chi connectivity index (χ4n) is 3.73. The lowest BCUT2D eigenvalue weighted by Gasteiger charge is -2.27. The van der Waals surface area contributed by atoms with Gasteiger partial charge in [-0.25, -0.2) is 0 Å². The summed E-state index contributed by atoms with van der Waals surface area (Å²) in [5, 5.41) is 21.9. The summed E-state index contributed by atoms with van der Waals surface area (Å²) in [5.41, 5.74) is -0.865. The molecule has 0 heterocycles. The number of amides is 1. The summed E-state index contributed by atoms with van der Waals surface area (Å²) < 4.78 is 0. The van der Waals surface area contributed by atoms with Gasteiger partial charge in [0.25, 0.3) is 0 Å². The molecule has 0 bridgehead atoms. The number of nitrogens with one attached hydrogen (secondary N) is 1. The zero-order valence-corrected chi connectivity index (χ0v) is 12.6. The van der Waals surface area contributed by atoms with E-state index in [0.717, 1.165) is 44.9 Å². The molecule has 0 aromatic rings. The molecule has 0 aromatic heterocycles. The van der Waals surface area contributed by atoms with E-state index in [-0.39, 0.29) is 18.4 Å². The third kappa shape index (κ3) is 4.43. The molecule has 1 amide bonds. The minimum atomic E-state index is -0.865. The Morgan fingerprint density at radius 2 is 1.76 bits per heavy atom. The van der Waals surface area contributed by atoms with Gasteiger partial charge in [-0.15, -0.1) is 0 Å². The van der Waals surface area contributed by atoms with Crippen molar-refractivity contribution in [2.24, 2.45) is 11.3 Å². The first-order valence-corrected chi connectivity index (χ1v) is 8.20. The van der Waals surface area contributed by atoms with Gasteiger partial charge in [-0.2, -0.15) is 0 Å². The summed E-state index contributed by atoms with van der Waals surface area (Å²) >= 11 is 0. The van der Waals surface area contributed by atoms with Crippen LogP contribution in [-0.2, 0) is 9.59 Å². The second-order valence-corrected chi connectivity index (χ2v) is 6.81. The van der Waals surface area contributed by atoms with E-state index in [1.54, 1.807) is 0 Å². The minimum absolute atomic E-state index is 0.0948. The Hall–Kier alpha value is -1.10. The molecule has 0 radical (unpaired) electrons. The summed E-state index contributed by atoms with van der Waals surface area (Å²) in [6.07, 6.45) is 7.48. The molecule has 2 atom stereocenters. The third-order valence-corrected chi connectivity index (χ3v) is 5.11. The highest BCUT2D eigenvalue weighted by molar-refractivity contribution is 5.85. The molecule has 0 aliphatic heterocycles. The molecule has 2 fully saturated rings. The first-order chi connectivity index (χ1) is 10.0. The summed E-state index contributed by atoms with van der Waals surface area (Å²) in [5.74, 6) is -0.643. The number of rotatable bonds is 5. The zero-order valence-electron chi connectivity index (χ0n) is 12.6. The fraction of sp³-hybridized carbons (Fsp3) is 0.875. The molecule has 5 heteroatoms. The molecule has 2 unspecified atom stereocenters. The van der Waals surface area contributed by atoms with E-state index in [1.807, 2.05) is 0 Å². The van der Waals surface area contributed by atoms with Crippen molar-refractivity contribution in [3.63, 3.8) is 0 Å². The maximum atomic E-state index is 12.1. The average molecular weight is 297 g/mol. The molecular weight excluding hydrogens is 270 g/mol. The maximum Gasteiger partial charge on any atom is 0.310 e. The summed E-state index contributed by atoms with van der Waals surface area (Å²) in [6, 6.07) is 0. The smallest absolute Gasteiger partial charge is 0.310 e. The van der Waals surface area contributed by atoms with Gasteiger partial charge in [0.05, 0.1) is 11.5 Å². The summed E-state index contributed by atoms with van der Waals surface area (Å²) in [4.78, 5) is 23.8.